The first kappa shape index (κ1) is 15.8. The maximum Gasteiger partial charge on any atom is 0.220 e. The Kier molecular flexibility index (Phi) is 5.11. The van der Waals surface area contributed by atoms with Crippen LogP contribution in [0.5, 0.6) is 0 Å². The predicted molar refractivity (Wildman–Crippen MR) is 81.3 cm³/mol. The second-order valence-corrected chi connectivity index (χ2v) is 8.06. The monoisotopic (exact) mass is 281 g/mol. The van der Waals surface area contributed by atoms with Crippen LogP contribution in [0.3, 0.4) is 0 Å². The summed E-state index contributed by atoms with van der Waals surface area (Å²) in [5.74, 6) is 1.51. The lowest BCUT2D eigenvalue weighted by Crippen LogP contribution is -2.40. The van der Waals surface area contributed by atoms with E-state index in [4.69, 9.17) is 0 Å². The molecular formula is C17H31NO2. The Bertz CT molecular complexity index is 332. The summed E-state index contributed by atoms with van der Waals surface area (Å²) in [7, 11) is 0. The van der Waals surface area contributed by atoms with Crippen LogP contribution in [0.25, 0.3) is 0 Å². The zero-order valence-corrected chi connectivity index (χ0v) is 13.3. The number of aliphatic hydroxyl groups is 1. The molecule has 0 heterocycles. The SMILES string of the molecule is CC1CC(CC(=O)NC2CCC(O)CC2)CC(C)(C)C1. The van der Waals surface area contributed by atoms with Crippen LogP contribution in [0.4, 0.5) is 0 Å². The number of hydrogen-bond acceptors (Lipinski definition) is 2. The van der Waals surface area contributed by atoms with Crippen LogP contribution in [0.2, 0.25) is 0 Å². The van der Waals surface area contributed by atoms with Gasteiger partial charge in [0, 0.05) is 12.5 Å². The molecule has 3 heteroatoms. The van der Waals surface area contributed by atoms with Crippen LogP contribution in [0.15, 0.2) is 0 Å². The number of aliphatic hydroxyl groups excluding tert-OH is 1. The topological polar surface area (TPSA) is 49.3 Å². The van der Waals surface area contributed by atoms with Crippen LogP contribution in [-0.4, -0.2) is 23.2 Å². The summed E-state index contributed by atoms with van der Waals surface area (Å²) in [6, 6.07) is 0.292. The second kappa shape index (κ2) is 6.46. The number of carbonyl (C=O) groups is 1. The molecule has 116 valence electrons. The molecule has 0 bridgehead atoms. The van der Waals surface area contributed by atoms with Gasteiger partial charge >= 0.3 is 0 Å². The summed E-state index contributed by atoms with van der Waals surface area (Å²) in [5, 5.41) is 12.7. The summed E-state index contributed by atoms with van der Waals surface area (Å²) >= 11 is 0. The largest absolute Gasteiger partial charge is 0.393 e. The van der Waals surface area contributed by atoms with Crippen molar-refractivity contribution in [3.63, 3.8) is 0 Å². The quantitative estimate of drug-likeness (QED) is 0.834. The molecular weight excluding hydrogens is 250 g/mol. The molecule has 0 spiro atoms. The molecule has 3 nitrogen and oxygen atoms in total. The molecule has 2 saturated carbocycles. The van der Waals surface area contributed by atoms with E-state index < -0.39 is 0 Å². The summed E-state index contributed by atoms with van der Waals surface area (Å²) in [5.41, 5.74) is 0.386. The highest BCUT2D eigenvalue weighted by molar-refractivity contribution is 5.76. The van der Waals surface area contributed by atoms with Gasteiger partial charge in [0.1, 0.15) is 0 Å². The van der Waals surface area contributed by atoms with Gasteiger partial charge in [-0.25, -0.2) is 0 Å². The maximum absolute atomic E-state index is 12.2. The van der Waals surface area contributed by atoms with Gasteiger partial charge in [-0.1, -0.05) is 20.8 Å². The van der Waals surface area contributed by atoms with Gasteiger partial charge in [0.25, 0.3) is 0 Å². The van der Waals surface area contributed by atoms with Gasteiger partial charge < -0.3 is 10.4 Å². The first-order valence-electron chi connectivity index (χ1n) is 8.31. The van der Waals surface area contributed by atoms with E-state index in [1.807, 2.05) is 0 Å². The molecule has 20 heavy (non-hydrogen) atoms. The third-order valence-electron chi connectivity index (χ3n) is 5.01. The Morgan fingerprint density at radius 2 is 1.85 bits per heavy atom. The van der Waals surface area contributed by atoms with E-state index in [1.54, 1.807) is 0 Å². The molecule has 0 aliphatic heterocycles. The Balaban J connectivity index is 1.76. The van der Waals surface area contributed by atoms with Crippen molar-refractivity contribution < 1.29 is 9.90 Å². The highest BCUT2D eigenvalue weighted by Crippen LogP contribution is 2.42. The fourth-order valence-corrected chi connectivity index (χ4v) is 4.47. The first-order valence-corrected chi connectivity index (χ1v) is 8.31. The molecule has 0 radical (unpaired) electrons. The molecule has 0 aromatic rings. The molecule has 2 aliphatic rings. The number of nitrogens with one attached hydrogen (secondary N) is 1. The normalized spacial score (nSPS) is 37.4. The first-order chi connectivity index (χ1) is 9.34. The van der Waals surface area contributed by atoms with E-state index in [1.165, 1.54) is 19.3 Å². The standard InChI is InChI=1S/C17H31NO2/c1-12-8-13(11-17(2,3)10-12)9-16(20)18-14-4-6-15(19)7-5-14/h12-15,19H,4-11H2,1-3H3,(H,18,20). The van der Waals surface area contributed by atoms with Crippen molar-refractivity contribution in [2.75, 3.05) is 0 Å². The molecule has 0 aromatic carbocycles. The molecule has 0 aromatic heterocycles. The number of hydrogen-bond donors (Lipinski definition) is 2. The molecule has 2 rings (SSSR count). The lowest BCUT2D eigenvalue weighted by molar-refractivity contribution is -0.123. The van der Waals surface area contributed by atoms with Crippen LogP contribution >= 0.6 is 0 Å². The van der Waals surface area contributed by atoms with Gasteiger partial charge in [0.05, 0.1) is 6.10 Å². The smallest absolute Gasteiger partial charge is 0.220 e. The van der Waals surface area contributed by atoms with Crippen molar-refractivity contribution in [2.45, 2.75) is 84.3 Å². The third-order valence-corrected chi connectivity index (χ3v) is 5.01. The molecule has 0 saturated heterocycles. The molecule has 2 aliphatic carbocycles. The average Bonchev–Trinajstić information content (AvgIpc) is 2.29. The second-order valence-electron chi connectivity index (χ2n) is 8.06. The zero-order valence-electron chi connectivity index (χ0n) is 13.3. The number of carbonyl (C=O) groups excluding carboxylic acids is 1. The van der Waals surface area contributed by atoms with Crippen molar-refractivity contribution >= 4 is 5.91 Å². The summed E-state index contributed by atoms with van der Waals surface area (Å²) < 4.78 is 0. The molecule has 2 atom stereocenters. The minimum atomic E-state index is -0.150. The van der Waals surface area contributed by atoms with E-state index in [0.29, 0.717) is 23.8 Å². The maximum atomic E-state index is 12.2. The lowest BCUT2D eigenvalue weighted by atomic mass is 9.67. The zero-order chi connectivity index (χ0) is 14.8. The minimum absolute atomic E-state index is 0.150. The van der Waals surface area contributed by atoms with E-state index in [9.17, 15) is 9.90 Å². The van der Waals surface area contributed by atoms with Crippen molar-refractivity contribution in [3.05, 3.63) is 0 Å². The molecule has 2 N–H and O–H groups in total. The fraction of sp³-hybridized carbons (Fsp3) is 0.941. The average molecular weight is 281 g/mol. The minimum Gasteiger partial charge on any atom is -0.393 e. The van der Waals surface area contributed by atoms with E-state index in [2.05, 4.69) is 26.1 Å². The van der Waals surface area contributed by atoms with Gasteiger partial charge in [0.2, 0.25) is 5.91 Å². The van der Waals surface area contributed by atoms with Gasteiger partial charge in [-0.05, 0) is 62.2 Å². The van der Waals surface area contributed by atoms with Crippen molar-refractivity contribution in [1.82, 2.24) is 5.32 Å². The van der Waals surface area contributed by atoms with Crippen LogP contribution in [0.1, 0.15) is 72.1 Å². The van der Waals surface area contributed by atoms with E-state index >= 15 is 0 Å². The van der Waals surface area contributed by atoms with Gasteiger partial charge in [0.15, 0.2) is 0 Å². The summed E-state index contributed by atoms with van der Waals surface area (Å²) in [6.07, 6.45) is 7.71. The molecule has 1 amide bonds. The Morgan fingerprint density at radius 1 is 1.20 bits per heavy atom. The number of rotatable bonds is 3. The summed E-state index contributed by atoms with van der Waals surface area (Å²) in [4.78, 5) is 12.2. The van der Waals surface area contributed by atoms with Crippen molar-refractivity contribution in [2.24, 2.45) is 17.3 Å². The molecule has 2 fully saturated rings. The predicted octanol–water partition coefficient (Wildman–Crippen LogP) is 3.26. The van der Waals surface area contributed by atoms with Crippen molar-refractivity contribution in [3.8, 4) is 0 Å². The van der Waals surface area contributed by atoms with Crippen molar-refractivity contribution in [1.29, 1.82) is 0 Å². The Hall–Kier alpha value is -0.570. The van der Waals surface area contributed by atoms with E-state index in [0.717, 1.165) is 31.6 Å². The van der Waals surface area contributed by atoms with Gasteiger partial charge in [-0.2, -0.15) is 0 Å². The summed E-state index contributed by atoms with van der Waals surface area (Å²) in [6.45, 7) is 6.97. The third kappa shape index (κ3) is 4.76. The lowest BCUT2D eigenvalue weighted by Gasteiger charge is -2.39. The highest BCUT2D eigenvalue weighted by atomic mass is 16.3. The molecule has 2 unspecified atom stereocenters. The van der Waals surface area contributed by atoms with E-state index in [-0.39, 0.29) is 12.0 Å². The van der Waals surface area contributed by atoms with Crippen LogP contribution < -0.4 is 5.32 Å². The van der Waals surface area contributed by atoms with Gasteiger partial charge in [-0.15, -0.1) is 0 Å². The fourth-order valence-electron chi connectivity index (χ4n) is 4.47. The highest BCUT2D eigenvalue weighted by Gasteiger charge is 2.33. The van der Waals surface area contributed by atoms with Crippen LogP contribution in [-0.2, 0) is 4.79 Å². The van der Waals surface area contributed by atoms with Gasteiger partial charge in [-0.3, -0.25) is 4.79 Å². The van der Waals surface area contributed by atoms with Crippen LogP contribution in [0, 0.1) is 17.3 Å². The number of amides is 1. The Labute approximate surface area is 123 Å². The Morgan fingerprint density at radius 3 is 2.45 bits per heavy atom.